The van der Waals surface area contributed by atoms with Crippen LogP contribution in [-0.4, -0.2) is 61.2 Å². The van der Waals surface area contributed by atoms with Gasteiger partial charge in [0.2, 0.25) is 10.0 Å². The van der Waals surface area contributed by atoms with Gasteiger partial charge in [0, 0.05) is 47.7 Å². The topological polar surface area (TPSA) is 98.8 Å². The molecule has 0 aliphatic carbocycles. The first-order valence-corrected chi connectivity index (χ1v) is 17.4. The van der Waals surface area contributed by atoms with E-state index in [9.17, 15) is 18.0 Å². The molecule has 3 heterocycles. The van der Waals surface area contributed by atoms with E-state index in [0.717, 1.165) is 42.8 Å². The predicted molar refractivity (Wildman–Crippen MR) is 171 cm³/mol. The zero-order chi connectivity index (χ0) is 31.0. The molecule has 0 saturated carbocycles. The lowest BCUT2D eigenvalue weighted by molar-refractivity contribution is 0.0723. The Morgan fingerprint density at radius 1 is 0.976 bits per heavy atom. The van der Waals surface area contributed by atoms with Crippen LogP contribution >= 0.6 is 11.3 Å². The van der Waals surface area contributed by atoms with E-state index in [-0.39, 0.29) is 39.6 Å². The molecule has 2 amide bonds. The molecule has 1 fully saturated rings. The highest BCUT2D eigenvalue weighted by Crippen LogP contribution is 2.45. The minimum atomic E-state index is -3.70. The summed E-state index contributed by atoms with van der Waals surface area (Å²) in [7, 11) is -3.70. The van der Waals surface area contributed by atoms with Crippen LogP contribution < -0.4 is 10.6 Å². The van der Waals surface area contributed by atoms with Crippen molar-refractivity contribution in [1.29, 1.82) is 0 Å². The van der Waals surface area contributed by atoms with Gasteiger partial charge in [-0.1, -0.05) is 27.7 Å². The number of amides is 2. The van der Waals surface area contributed by atoms with Crippen LogP contribution in [0.4, 0.5) is 5.00 Å². The number of nitrogens with one attached hydrogen (secondary N) is 2. The normalized spacial score (nSPS) is 18.4. The number of anilines is 1. The summed E-state index contributed by atoms with van der Waals surface area (Å²) >= 11 is 1.46. The third-order valence-corrected chi connectivity index (χ3v) is 11.1. The van der Waals surface area contributed by atoms with E-state index in [1.165, 1.54) is 27.8 Å². The Bertz CT molecular complexity index is 1390. The summed E-state index contributed by atoms with van der Waals surface area (Å²) in [6.07, 6.45) is 3.78. The van der Waals surface area contributed by atoms with Gasteiger partial charge in [0.05, 0.1) is 10.5 Å². The largest absolute Gasteiger partial charge is 0.339 e. The van der Waals surface area contributed by atoms with E-state index in [1.807, 2.05) is 32.6 Å². The molecule has 1 aromatic carbocycles. The number of benzene rings is 1. The number of thiophene rings is 1. The Morgan fingerprint density at radius 2 is 1.55 bits per heavy atom. The van der Waals surface area contributed by atoms with E-state index in [0.29, 0.717) is 35.6 Å². The summed E-state index contributed by atoms with van der Waals surface area (Å²) in [5.74, 6) is -0.00935. The number of hydrogen-bond acceptors (Lipinski definition) is 6. The summed E-state index contributed by atoms with van der Waals surface area (Å²) < 4.78 is 28.4. The van der Waals surface area contributed by atoms with E-state index in [4.69, 9.17) is 0 Å². The third kappa shape index (κ3) is 7.09. The van der Waals surface area contributed by atoms with E-state index in [1.54, 1.807) is 12.1 Å². The summed E-state index contributed by atoms with van der Waals surface area (Å²) in [6.45, 7) is 18.8. The molecule has 0 unspecified atom stereocenters. The predicted octanol–water partition coefficient (Wildman–Crippen LogP) is 6.09. The number of fused-ring (bicyclic) bond motifs is 1. The molecule has 2 aromatic rings. The van der Waals surface area contributed by atoms with Crippen LogP contribution in [0.15, 0.2) is 29.2 Å². The van der Waals surface area contributed by atoms with Crippen LogP contribution in [0, 0.1) is 11.8 Å². The number of nitrogens with zero attached hydrogens (tertiary/aromatic N) is 2. The van der Waals surface area contributed by atoms with Crippen LogP contribution in [0.3, 0.4) is 0 Å². The minimum Gasteiger partial charge on any atom is -0.339 e. The van der Waals surface area contributed by atoms with E-state index < -0.39 is 10.0 Å². The van der Waals surface area contributed by atoms with Gasteiger partial charge in [-0.25, -0.2) is 8.42 Å². The molecule has 0 atom stereocenters. The molecule has 10 heteroatoms. The van der Waals surface area contributed by atoms with E-state index >= 15 is 0 Å². The van der Waals surface area contributed by atoms with Crippen LogP contribution in [0.2, 0.25) is 0 Å². The number of hydrogen-bond donors (Lipinski definition) is 2. The Balaban J connectivity index is 1.65. The number of likely N-dealkylation sites (tertiary alicyclic amines) is 1. The van der Waals surface area contributed by atoms with Gasteiger partial charge < -0.3 is 15.5 Å². The van der Waals surface area contributed by atoms with Gasteiger partial charge in [-0.2, -0.15) is 4.31 Å². The number of carbonyl (C=O) groups is 2. The number of piperidine rings is 1. The van der Waals surface area contributed by atoms with Crippen molar-refractivity contribution in [3.05, 3.63) is 45.8 Å². The smallest absolute Gasteiger partial charge is 0.257 e. The summed E-state index contributed by atoms with van der Waals surface area (Å²) in [4.78, 5) is 30.7. The van der Waals surface area contributed by atoms with Crippen molar-refractivity contribution in [2.75, 3.05) is 31.5 Å². The molecule has 42 heavy (non-hydrogen) atoms. The molecule has 4 rings (SSSR count). The fourth-order valence-corrected chi connectivity index (χ4v) is 9.32. The monoisotopic (exact) mass is 616 g/mol. The maximum atomic E-state index is 14.0. The summed E-state index contributed by atoms with van der Waals surface area (Å²) in [5.41, 5.74) is 1.38. The van der Waals surface area contributed by atoms with Crippen molar-refractivity contribution in [1.82, 2.24) is 14.5 Å². The van der Waals surface area contributed by atoms with Crippen LogP contribution in [-0.2, 0) is 22.0 Å². The first kappa shape index (κ1) is 32.6. The van der Waals surface area contributed by atoms with Crippen molar-refractivity contribution in [3.63, 3.8) is 0 Å². The fraction of sp³-hybridized carbons (Fsp3) is 0.625. The summed E-state index contributed by atoms with van der Waals surface area (Å²) in [5, 5.41) is 7.30. The first-order valence-electron chi connectivity index (χ1n) is 15.2. The quantitative estimate of drug-likeness (QED) is 0.355. The maximum Gasteiger partial charge on any atom is 0.257 e. The molecule has 0 bridgehead atoms. The molecular weight excluding hydrogens is 569 g/mol. The lowest BCUT2D eigenvalue weighted by atomic mass is 9.81. The Hall–Kier alpha value is -2.27. The molecule has 8 nitrogen and oxygen atoms in total. The van der Waals surface area contributed by atoms with Gasteiger partial charge in [-0.05, 0) is 95.0 Å². The lowest BCUT2D eigenvalue weighted by Crippen LogP contribution is -2.55. The van der Waals surface area contributed by atoms with Crippen molar-refractivity contribution >= 4 is 38.2 Å². The van der Waals surface area contributed by atoms with Gasteiger partial charge in [0.1, 0.15) is 5.00 Å². The second-order valence-electron chi connectivity index (χ2n) is 13.9. The molecular formula is C32H48N4O4S2. The standard InChI is InChI=1S/C32H48N4O4S2/c1-21(2)19-36(20-22(3)4)42(39,40)24-14-12-23(13-15-24)28(37)33-29-26(30(38)35-16-10-9-11-17-35)25-18-31(5,6)34-32(7,8)27(25)41-29/h12-15,21-22,34H,9-11,16-20H2,1-8H3,(H,33,37). The number of rotatable bonds is 9. The highest BCUT2D eigenvalue weighted by Gasteiger charge is 2.42. The SMILES string of the molecule is CC(C)CN(CC(C)C)S(=O)(=O)c1ccc(C(=O)Nc2sc3c(c2C(=O)N2CCCCC2)CC(C)(C)NC3(C)C)cc1. The van der Waals surface area contributed by atoms with E-state index in [2.05, 4.69) is 38.3 Å². The molecule has 2 aliphatic rings. The van der Waals surface area contributed by atoms with Crippen molar-refractivity contribution < 1.29 is 18.0 Å². The minimum absolute atomic E-state index is 0.0205. The zero-order valence-corrected chi connectivity index (χ0v) is 28.1. The zero-order valence-electron chi connectivity index (χ0n) is 26.5. The Morgan fingerprint density at radius 3 is 2.10 bits per heavy atom. The molecule has 1 saturated heterocycles. The fourth-order valence-electron chi connectivity index (χ4n) is 6.28. The summed E-state index contributed by atoms with van der Waals surface area (Å²) in [6, 6.07) is 6.12. The Labute approximate surface area is 256 Å². The molecule has 1 aromatic heterocycles. The molecule has 2 N–H and O–H groups in total. The highest BCUT2D eigenvalue weighted by atomic mass is 32.2. The van der Waals surface area contributed by atoms with Gasteiger partial charge in [0.15, 0.2) is 0 Å². The van der Waals surface area contributed by atoms with Gasteiger partial charge in [-0.3, -0.25) is 9.59 Å². The van der Waals surface area contributed by atoms with Gasteiger partial charge in [-0.15, -0.1) is 11.3 Å². The van der Waals surface area contributed by atoms with Crippen molar-refractivity contribution in [2.45, 2.75) is 97.0 Å². The second-order valence-corrected chi connectivity index (χ2v) is 16.8. The first-order chi connectivity index (χ1) is 19.5. The Kier molecular flexibility index (Phi) is 9.62. The van der Waals surface area contributed by atoms with Crippen LogP contribution in [0.5, 0.6) is 0 Å². The molecule has 0 spiro atoms. The second kappa shape index (κ2) is 12.4. The van der Waals surface area contributed by atoms with Crippen molar-refractivity contribution in [2.24, 2.45) is 11.8 Å². The van der Waals surface area contributed by atoms with Crippen LogP contribution in [0.25, 0.3) is 0 Å². The van der Waals surface area contributed by atoms with Gasteiger partial charge in [0.25, 0.3) is 11.8 Å². The number of sulfonamides is 1. The average molecular weight is 617 g/mol. The lowest BCUT2D eigenvalue weighted by Gasteiger charge is -2.42. The average Bonchev–Trinajstić information content (AvgIpc) is 3.25. The molecule has 0 radical (unpaired) electrons. The molecule has 2 aliphatic heterocycles. The van der Waals surface area contributed by atoms with Gasteiger partial charge >= 0.3 is 0 Å². The number of carbonyl (C=O) groups excluding carboxylic acids is 2. The van der Waals surface area contributed by atoms with Crippen molar-refractivity contribution in [3.8, 4) is 0 Å². The maximum absolute atomic E-state index is 14.0. The molecule has 232 valence electrons. The highest BCUT2D eigenvalue weighted by molar-refractivity contribution is 7.89. The van der Waals surface area contributed by atoms with Crippen LogP contribution in [0.1, 0.15) is 106 Å². The third-order valence-electron chi connectivity index (χ3n) is 7.82.